The van der Waals surface area contributed by atoms with E-state index in [9.17, 15) is 22.0 Å². The Hall–Kier alpha value is -1.56. The summed E-state index contributed by atoms with van der Waals surface area (Å²) in [6.45, 7) is 0. The minimum Gasteiger partial charge on any atom is -0.328 e. The van der Waals surface area contributed by atoms with Gasteiger partial charge >= 0.3 is 12.1 Å². The molecule has 1 rings (SSSR count). The predicted octanol–water partition coefficient (Wildman–Crippen LogP) is 1.82. The maximum Gasteiger partial charge on any atom is 0.395 e. The van der Waals surface area contributed by atoms with Gasteiger partial charge in [0.05, 0.1) is 0 Å². The average molecular weight is 257 g/mol. The van der Waals surface area contributed by atoms with Gasteiger partial charge in [-0.2, -0.15) is 32.5 Å². The smallest absolute Gasteiger partial charge is 0.328 e. The first-order valence-electron chi connectivity index (χ1n) is 4.05. The fourth-order valence-corrected chi connectivity index (χ4v) is 1.04. The summed E-state index contributed by atoms with van der Waals surface area (Å²) in [5, 5.41) is 16.8. The quantitative estimate of drug-likeness (QED) is 0.648. The van der Waals surface area contributed by atoms with E-state index in [0.717, 1.165) is 0 Å². The number of H-pyrrole nitrogens is 1. The van der Waals surface area contributed by atoms with Gasteiger partial charge in [-0.3, -0.25) is 0 Å². The summed E-state index contributed by atoms with van der Waals surface area (Å²) in [5.74, 6) is -5.65. The van der Waals surface area contributed by atoms with Crippen molar-refractivity contribution in [1.82, 2.24) is 9.97 Å². The van der Waals surface area contributed by atoms with Crippen LogP contribution in [-0.4, -0.2) is 35.0 Å². The molecule has 0 saturated heterocycles. The van der Waals surface area contributed by atoms with Crippen molar-refractivity contribution in [3.8, 4) is 12.1 Å². The molecule has 10 heteroatoms. The zero-order chi connectivity index (χ0) is 13.3. The number of rotatable bonds is 2. The molecule has 1 aromatic rings. The van der Waals surface area contributed by atoms with E-state index in [1.807, 2.05) is 0 Å². The molecular formula is C8H3F5LiN4. The van der Waals surface area contributed by atoms with Crippen molar-refractivity contribution >= 4 is 18.9 Å². The fourth-order valence-electron chi connectivity index (χ4n) is 1.04. The molecule has 0 spiro atoms. The van der Waals surface area contributed by atoms with Crippen LogP contribution in [-0.2, 0) is 5.92 Å². The zero-order valence-electron chi connectivity index (χ0n) is 8.94. The third-order valence-corrected chi connectivity index (χ3v) is 1.69. The van der Waals surface area contributed by atoms with Crippen LogP contribution in [0.3, 0.4) is 0 Å². The van der Waals surface area contributed by atoms with Crippen LogP contribution >= 0.6 is 0 Å². The van der Waals surface area contributed by atoms with Crippen LogP contribution in [0.25, 0.3) is 0 Å². The third-order valence-electron chi connectivity index (χ3n) is 1.69. The van der Waals surface area contributed by atoms with E-state index in [0.29, 0.717) is 0 Å². The largest absolute Gasteiger partial charge is 0.395 e. The van der Waals surface area contributed by atoms with Crippen molar-refractivity contribution < 1.29 is 22.0 Å². The Kier molecular flexibility index (Phi) is 4.92. The number of nitrogens with one attached hydrogen (secondary N) is 1. The number of aromatic amines is 1. The van der Waals surface area contributed by atoms with E-state index in [1.165, 1.54) is 12.1 Å². The van der Waals surface area contributed by atoms with Crippen molar-refractivity contribution in [3.63, 3.8) is 0 Å². The first-order valence-corrected chi connectivity index (χ1v) is 4.05. The molecule has 18 heavy (non-hydrogen) atoms. The van der Waals surface area contributed by atoms with Crippen LogP contribution in [0.5, 0.6) is 0 Å². The Morgan fingerprint density at radius 1 is 1.11 bits per heavy atom. The van der Waals surface area contributed by atoms with Crippen LogP contribution < -0.4 is 0 Å². The predicted molar refractivity (Wildman–Crippen MR) is 48.3 cm³/mol. The van der Waals surface area contributed by atoms with Gasteiger partial charge in [-0.1, -0.05) is 0 Å². The Bertz CT molecular complexity index is 476. The van der Waals surface area contributed by atoms with E-state index in [2.05, 4.69) is 4.98 Å². The van der Waals surface area contributed by atoms with Gasteiger partial charge in [-0.25, -0.2) is 4.98 Å². The Morgan fingerprint density at radius 2 is 1.67 bits per heavy atom. The maximum atomic E-state index is 13.1. The van der Waals surface area contributed by atoms with E-state index >= 15 is 0 Å². The summed E-state index contributed by atoms with van der Waals surface area (Å²) in [4.78, 5) is 4.67. The first kappa shape index (κ1) is 16.4. The van der Waals surface area contributed by atoms with E-state index in [4.69, 9.17) is 10.5 Å². The Morgan fingerprint density at radius 3 is 2.00 bits per heavy atom. The average Bonchev–Trinajstić information content (AvgIpc) is 2.57. The molecule has 0 unspecified atom stereocenters. The second kappa shape index (κ2) is 5.39. The molecule has 0 fully saturated rings. The molecule has 1 aromatic heterocycles. The molecule has 0 bridgehead atoms. The summed E-state index contributed by atoms with van der Waals surface area (Å²) in [6.07, 6.45) is -7.50. The van der Waals surface area contributed by atoms with Gasteiger partial charge in [0.25, 0.3) is 0 Å². The molecule has 0 aliphatic heterocycles. The monoisotopic (exact) mass is 257 g/mol. The third kappa shape index (κ3) is 3.73. The number of hydrogen-bond acceptors (Lipinski definition) is 3. The van der Waals surface area contributed by atoms with Crippen molar-refractivity contribution in [1.29, 1.82) is 10.5 Å². The molecule has 4 nitrogen and oxygen atoms in total. The van der Waals surface area contributed by atoms with Crippen LogP contribution in [0.1, 0.15) is 23.6 Å². The second-order valence-electron chi connectivity index (χ2n) is 3.03. The summed E-state index contributed by atoms with van der Waals surface area (Å²) in [7, 11) is 0. The number of aromatic nitrogens is 2. The molecule has 0 aromatic carbocycles. The fraction of sp³-hybridized carbons (Fsp3) is 0.375. The first-order chi connectivity index (χ1) is 7.69. The van der Waals surface area contributed by atoms with Crippen LogP contribution in [0.4, 0.5) is 22.0 Å². The standard InChI is InChI=1S/C8H3F5N4.Li/c9-7(10,3-8(11,12)13)6-16-4(1-14)5(2-15)17-6;/h3H2,(H,16,17);. The molecule has 0 amide bonds. The van der Waals surface area contributed by atoms with Crippen LogP contribution in [0.15, 0.2) is 0 Å². The van der Waals surface area contributed by atoms with Gasteiger partial charge in [-0.15, -0.1) is 0 Å². The number of imidazole rings is 1. The Balaban J connectivity index is 0.00000289. The van der Waals surface area contributed by atoms with Gasteiger partial charge < -0.3 is 4.98 Å². The molecular weight excluding hydrogens is 254 g/mol. The van der Waals surface area contributed by atoms with Gasteiger partial charge in [0.15, 0.2) is 17.2 Å². The summed E-state index contributed by atoms with van der Waals surface area (Å²) in [6, 6.07) is 2.67. The normalized spacial score (nSPS) is 11.3. The molecule has 0 atom stereocenters. The van der Waals surface area contributed by atoms with Gasteiger partial charge in [0.2, 0.25) is 0 Å². The molecule has 1 N–H and O–H groups in total. The van der Waals surface area contributed by atoms with Crippen molar-refractivity contribution in [2.75, 3.05) is 0 Å². The number of hydrogen-bond donors (Lipinski definition) is 1. The van der Waals surface area contributed by atoms with Crippen molar-refractivity contribution in [2.24, 2.45) is 0 Å². The van der Waals surface area contributed by atoms with Crippen molar-refractivity contribution in [3.05, 3.63) is 17.2 Å². The molecule has 0 saturated carbocycles. The van der Waals surface area contributed by atoms with E-state index in [1.54, 1.807) is 4.98 Å². The maximum absolute atomic E-state index is 13.1. The zero-order valence-corrected chi connectivity index (χ0v) is 8.94. The van der Waals surface area contributed by atoms with Gasteiger partial charge in [0.1, 0.15) is 18.6 Å². The van der Waals surface area contributed by atoms with Crippen LogP contribution in [0, 0.1) is 22.7 Å². The number of nitriles is 2. The molecule has 1 radical (unpaired) electrons. The Labute approximate surface area is 110 Å². The van der Waals surface area contributed by atoms with Crippen LogP contribution in [0.2, 0.25) is 0 Å². The van der Waals surface area contributed by atoms with Crippen molar-refractivity contribution in [2.45, 2.75) is 18.5 Å². The second-order valence-corrected chi connectivity index (χ2v) is 3.03. The molecule has 91 valence electrons. The SMILES string of the molecule is N#Cc1nc(C(F)(F)CC(F)(F)F)[nH]c1C#N.[Li]. The minimum atomic E-state index is -5.09. The molecule has 0 aliphatic carbocycles. The topological polar surface area (TPSA) is 76.3 Å². The summed E-state index contributed by atoms with van der Waals surface area (Å²) in [5.41, 5.74) is -1.26. The number of halogens is 5. The number of nitrogens with zero attached hydrogens (tertiary/aromatic N) is 3. The molecule has 0 aliphatic rings. The molecule has 1 heterocycles. The summed E-state index contributed by atoms with van der Waals surface area (Å²) < 4.78 is 61.7. The van der Waals surface area contributed by atoms with Gasteiger partial charge in [0, 0.05) is 18.9 Å². The van der Waals surface area contributed by atoms with E-state index < -0.39 is 35.7 Å². The van der Waals surface area contributed by atoms with E-state index in [-0.39, 0.29) is 18.9 Å². The minimum absolute atomic E-state index is 0. The number of alkyl halides is 5. The summed E-state index contributed by atoms with van der Waals surface area (Å²) >= 11 is 0. The van der Waals surface area contributed by atoms with Gasteiger partial charge in [-0.05, 0) is 0 Å².